The van der Waals surface area contributed by atoms with E-state index < -0.39 is 46.0 Å². The first-order chi connectivity index (χ1) is 28.7. The van der Waals surface area contributed by atoms with Crippen molar-refractivity contribution in [3.05, 3.63) is 192 Å². The molecule has 6 aromatic heterocycles. The molecule has 6 heterocycles. The number of rotatable bonds is 9. The Morgan fingerprint density at radius 2 is 1.12 bits per heavy atom. The van der Waals surface area contributed by atoms with E-state index in [4.69, 9.17) is 5.73 Å². The average Bonchev–Trinajstić information content (AvgIpc) is 3.90. The van der Waals surface area contributed by atoms with Gasteiger partial charge in [0.15, 0.2) is 11.6 Å². The quantitative estimate of drug-likeness (QED) is 0.0638. The van der Waals surface area contributed by atoms with Gasteiger partial charge in [0.05, 0.1) is 22.5 Å². The third kappa shape index (κ3) is 7.94. The lowest BCUT2D eigenvalue weighted by Gasteiger charge is -2.11. The van der Waals surface area contributed by atoms with Crippen LogP contribution in [-0.4, -0.2) is 41.5 Å². The van der Waals surface area contributed by atoms with Crippen LogP contribution in [0.25, 0.3) is 44.3 Å². The highest BCUT2D eigenvalue weighted by Crippen LogP contribution is 2.31. The summed E-state index contributed by atoms with van der Waals surface area (Å²) < 4.78 is 58.2. The maximum absolute atomic E-state index is 15.3. The van der Waals surface area contributed by atoms with E-state index in [2.05, 4.69) is 35.2 Å². The van der Waals surface area contributed by atoms with Crippen LogP contribution >= 0.6 is 0 Å². The molecular weight excluding hydrogens is 773 g/mol. The predicted molar refractivity (Wildman–Crippen MR) is 223 cm³/mol. The minimum absolute atomic E-state index is 0. The van der Waals surface area contributed by atoms with Crippen molar-refractivity contribution in [3.63, 3.8) is 0 Å². The number of H-pyrrole nitrogens is 2. The van der Waals surface area contributed by atoms with Gasteiger partial charge in [-0.2, -0.15) is 0 Å². The standard InChI is InChI=1S/C26H18F2N4O.C19H12F2N4O.CH4/c27-21-8-9-22(30-12-16-5-2-1-3-6-16)24(28)23(21)25(33)20-15-32-26-19(20)11-18(14-31-26)17-7-4-10-29-13-17;20-14-3-4-15(22)17(21)16(14)18(26)13-9-25-19-12(13)6-11(8-24-19)10-2-1-5-23-7-10;/h1-11,13-15,30H,12H2,(H,31,32);1-9H,22H2,(H,24,25);1H4. The van der Waals surface area contributed by atoms with Gasteiger partial charge in [-0.15, -0.1) is 0 Å². The summed E-state index contributed by atoms with van der Waals surface area (Å²) in [4.78, 5) is 48.6. The number of nitrogens with two attached hydrogens (primary N) is 1. The second-order valence-electron chi connectivity index (χ2n) is 13.2. The number of pyridine rings is 4. The zero-order valence-electron chi connectivity index (χ0n) is 30.7. The molecule has 9 aromatic rings. The summed E-state index contributed by atoms with van der Waals surface area (Å²) in [5.41, 5.74) is 9.11. The van der Waals surface area contributed by atoms with Crippen LogP contribution in [0.2, 0.25) is 0 Å². The molecule has 0 aliphatic heterocycles. The lowest BCUT2D eigenvalue weighted by molar-refractivity contribution is 0.102. The highest BCUT2D eigenvalue weighted by atomic mass is 19.1. The fourth-order valence-corrected chi connectivity index (χ4v) is 6.50. The molecular formula is C46H34F4N8O2. The molecule has 10 nitrogen and oxygen atoms in total. The van der Waals surface area contributed by atoms with Crippen molar-refractivity contribution in [2.24, 2.45) is 0 Å². The van der Waals surface area contributed by atoms with E-state index in [-0.39, 0.29) is 29.9 Å². The van der Waals surface area contributed by atoms with Crippen molar-refractivity contribution in [1.29, 1.82) is 0 Å². The van der Waals surface area contributed by atoms with Crippen LogP contribution in [0, 0.1) is 23.3 Å². The van der Waals surface area contributed by atoms with Crippen LogP contribution in [0.3, 0.4) is 0 Å². The Morgan fingerprint density at radius 3 is 1.63 bits per heavy atom. The molecule has 3 aromatic carbocycles. The zero-order chi connectivity index (χ0) is 41.0. The number of aromatic amines is 2. The largest absolute Gasteiger partial charge is 0.396 e. The number of ketones is 2. The summed E-state index contributed by atoms with van der Waals surface area (Å²) >= 11 is 0. The fourth-order valence-electron chi connectivity index (χ4n) is 6.50. The molecule has 0 radical (unpaired) electrons. The van der Waals surface area contributed by atoms with Gasteiger partial charge in [0.25, 0.3) is 0 Å². The van der Waals surface area contributed by atoms with Gasteiger partial charge in [0.1, 0.15) is 22.9 Å². The Balaban J connectivity index is 0.000000183. The first-order valence-corrected chi connectivity index (χ1v) is 18.0. The number of halogens is 4. The van der Waals surface area contributed by atoms with Gasteiger partial charge in [-0.25, -0.2) is 27.5 Å². The third-order valence-electron chi connectivity index (χ3n) is 9.53. The maximum atomic E-state index is 15.3. The normalized spacial score (nSPS) is 10.8. The maximum Gasteiger partial charge on any atom is 0.201 e. The number of anilines is 2. The number of carbonyl (C=O) groups is 2. The van der Waals surface area contributed by atoms with E-state index in [1.807, 2.05) is 42.5 Å². The first kappa shape index (κ1) is 40.2. The number of carbonyl (C=O) groups excluding carboxylic acids is 2. The van der Waals surface area contributed by atoms with Crippen LogP contribution in [-0.2, 0) is 6.54 Å². The van der Waals surface area contributed by atoms with E-state index in [1.54, 1.807) is 61.4 Å². The van der Waals surface area contributed by atoms with E-state index in [1.165, 1.54) is 18.5 Å². The molecule has 0 fully saturated rings. The van der Waals surface area contributed by atoms with Gasteiger partial charge in [-0.1, -0.05) is 49.9 Å². The Kier molecular flexibility index (Phi) is 11.6. The number of nitrogen functional groups attached to an aromatic ring is 1. The lowest BCUT2D eigenvalue weighted by Crippen LogP contribution is -2.10. The van der Waals surface area contributed by atoms with Gasteiger partial charge in [0.2, 0.25) is 11.6 Å². The van der Waals surface area contributed by atoms with E-state index in [0.29, 0.717) is 28.6 Å². The molecule has 0 aliphatic carbocycles. The van der Waals surface area contributed by atoms with Crippen molar-refractivity contribution in [3.8, 4) is 22.3 Å². The Labute approximate surface area is 340 Å². The average molecular weight is 807 g/mol. The predicted octanol–water partition coefficient (Wildman–Crippen LogP) is 10.1. The molecule has 5 N–H and O–H groups in total. The number of hydrogen-bond donors (Lipinski definition) is 4. The molecule has 0 saturated heterocycles. The van der Waals surface area contributed by atoms with Crippen LogP contribution in [0.5, 0.6) is 0 Å². The fraction of sp³-hybridized carbons (Fsp3) is 0.0435. The zero-order valence-corrected chi connectivity index (χ0v) is 30.7. The summed E-state index contributed by atoms with van der Waals surface area (Å²) in [6.07, 6.45) is 12.7. The highest BCUT2D eigenvalue weighted by molar-refractivity contribution is 6.17. The van der Waals surface area contributed by atoms with Crippen LogP contribution in [0.1, 0.15) is 44.8 Å². The SMILES string of the molecule is C.Nc1ccc(F)c(C(=O)c2c[nH]c3ncc(-c4cccnc4)cc23)c1F.O=C(c1c(F)ccc(NCc2ccccc2)c1F)c1c[nH]c2ncc(-c3cccnc3)cc12. The smallest absolute Gasteiger partial charge is 0.201 e. The summed E-state index contributed by atoms with van der Waals surface area (Å²) in [6, 6.07) is 24.6. The number of nitrogens with zero attached hydrogens (tertiary/aromatic N) is 4. The lowest BCUT2D eigenvalue weighted by atomic mass is 10.00. The van der Waals surface area contributed by atoms with Gasteiger partial charge in [-0.05, 0) is 54.1 Å². The van der Waals surface area contributed by atoms with Crippen molar-refractivity contribution in [2.75, 3.05) is 11.1 Å². The Bertz CT molecular complexity index is 2990. The Morgan fingerprint density at radius 1 is 0.600 bits per heavy atom. The van der Waals surface area contributed by atoms with E-state index in [9.17, 15) is 22.8 Å². The van der Waals surface area contributed by atoms with Crippen molar-refractivity contribution >= 4 is 45.0 Å². The molecule has 0 atom stereocenters. The topological polar surface area (TPSA) is 155 Å². The third-order valence-corrected chi connectivity index (χ3v) is 9.53. The van der Waals surface area contributed by atoms with Crippen molar-refractivity contribution in [2.45, 2.75) is 14.0 Å². The highest BCUT2D eigenvalue weighted by Gasteiger charge is 2.26. The number of fused-ring (bicyclic) bond motifs is 2. The molecule has 0 spiro atoms. The first-order valence-electron chi connectivity index (χ1n) is 18.0. The van der Waals surface area contributed by atoms with Crippen LogP contribution < -0.4 is 11.1 Å². The minimum Gasteiger partial charge on any atom is -0.396 e. The summed E-state index contributed by atoms with van der Waals surface area (Å²) in [5, 5.41) is 3.87. The van der Waals surface area contributed by atoms with Crippen molar-refractivity contribution < 1.29 is 27.2 Å². The van der Waals surface area contributed by atoms with Crippen LogP contribution in [0.4, 0.5) is 28.9 Å². The number of aromatic nitrogens is 6. The van der Waals surface area contributed by atoms with Gasteiger partial charge in [0, 0.05) is 100 Å². The van der Waals surface area contributed by atoms with Gasteiger partial charge >= 0.3 is 0 Å². The van der Waals surface area contributed by atoms with Crippen molar-refractivity contribution in [1.82, 2.24) is 29.9 Å². The molecule has 9 rings (SSSR count). The molecule has 0 saturated carbocycles. The molecule has 60 heavy (non-hydrogen) atoms. The van der Waals surface area contributed by atoms with Crippen LogP contribution in [0.15, 0.2) is 141 Å². The molecule has 14 heteroatoms. The molecule has 0 amide bonds. The second kappa shape index (κ2) is 17.2. The Hall–Kier alpha value is -8.00. The van der Waals surface area contributed by atoms with E-state index >= 15 is 4.39 Å². The summed E-state index contributed by atoms with van der Waals surface area (Å²) in [7, 11) is 0. The summed E-state index contributed by atoms with van der Waals surface area (Å²) in [5.74, 6) is -5.45. The second-order valence-corrected chi connectivity index (χ2v) is 13.2. The molecule has 0 aliphatic rings. The molecule has 0 unspecified atom stereocenters. The number of nitrogens with one attached hydrogen (secondary N) is 3. The van der Waals surface area contributed by atoms with Gasteiger partial charge < -0.3 is 21.0 Å². The molecule has 298 valence electrons. The number of benzene rings is 3. The van der Waals surface area contributed by atoms with E-state index in [0.717, 1.165) is 46.0 Å². The minimum atomic E-state index is -1.07. The number of hydrogen-bond acceptors (Lipinski definition) is 8. The van der Waals surface area contributed by atoms with Gasteiger partial charge in [-0.3, -0.25) is 19.6 Å². The molecule has 0 bridgehead atoms. The summed E-state index contributed by atoms with van der Waals surface area (Å²) in [6.45, 7) is 0.336. The monoisotopic (exact) mass is 806 g/mol.